The second-order valence-electron chi connectivity index (χ2n) is 5.16. The van der Waals surface area contributed by atoms with E-state index >= 15 is 0 Å². The summed E-state index contributed by atoms with van der Waals surface area (Å²) >= 11 is 6.23. The molecule has 2 rings (SSSR count). The lowest BCUT2D eigenvalue weighted by molar-refractivity contribution is 0.0697. The highest BCUT2D eigenvalue weighted by Crippen LogP contribution is 2.33. The summed E-state index contributed by atoms with van der Waals surface area (Å²) in [5.41, 5.74) is 8.01. The van der Waals surface area contributed by atoms with Gasteiger partial charge in [0.1, 0.15) is 0 Å². The molecular weight excluding hydrogens is 337 g/mol. The first kappa shape index (κ1) is 17.7. The number of benzene rings is 2. The Kier molecular flexibility index (Phi) is 5.97. The number of hydrogen-bond acceptors (Lipinski definition) is 3. The van der Waals surface area contributed by atoms with E-state index in [1.165, 1.54) is 6.07 Å². The number of carboxylic acid groups (broad SMARTS) is 1. The second kappa shape index (κ2) is 7.75. The van der Waals surface area contributed by atoms with Crippen LogP contribution in [0.25, 0.3) is 11.1 Å². The summed E-state index contributed by atoms with van der Waals surface area (Å²) in [5.74, 6) is -1.26. The lowest BCUT2D eigenvalue weighted by Gasteiger charge is -2.16. The molecule has 0 saturated carbocycles. The van der Waals surface area contributed by atoms with Crippen LogP contribution in [0.1, 0.15) is 21.8 Å². The van der Waals surface area contributed by atoms with E-state index in [4.69, 9.17) is 27.3 Å². The molecule has 7 heteroatoms. The van der Waals surface area contributed by atoms with Crippen LogP contribution in [0.4, 0.5) is 0 Å². The minimum absolute atomic E-state index is 0.109. The van der Waals surface area contributed by atoms with Crippen LogP contribution in [0.15, 0.2) is 42.5 Å². The van der Waals surface area contributed by atoms with Crippen LogP contribution in [0.3, 0.4) is 0 Å². The second-order valence-corrected chi connectivity index (χ2v) is 6.76. The van der Waals surface area contributed by atoms with Crippen molar-refractivity contribution < 1.29 is 19.4 Å². The van der Waals surface area contributed by atoms with Gasteiger partial charge in [-0.2, -0.15) is 0 Å². The van der Waals surface area contributed by atoms with Crippen molar-refractivity contribution in [3.8, 4) is 11.1 Å². The molecule has 122 valence electrons. The Morgan fingerprint density at radius 1 is 1.26 bits per heavy atom. The van der Waals surface area contributed by atoms with Gasteiger partial charge in [-0.25, -0.2) is 4.79 Å². The van der Waals surface area contributed by atoms with E-state index in [2.05, 4.69) is 0 Å². The maximum Gasteiger partial charge on any atom is 0.335 e. The number of carbonyl (C=O) groups is 1. The Hall–Kier alpha value is -1.65. The number of aromatic carboxylic acids is 1. The quantitative estimate of drug-likeness (QED) is 0.692. The van der Waals surface area contributed by atoms with E-state index in [9.17, 15) is 9.36 Å². The molecule has 0 saturated heterocycles. The summed E-state index contributed by atoms with van der Waals surface area (Å²) in [5, 5.41) is 9.57. The molecule has 2 aromatic rings. The average Bonchev–Trinajstić information content (AvgIpc) is 2.53. The predicted octanol–water partition coefficient (Wildman–Crippen LogP) is 3.21. The molecule has 2 atom stereocenters. The number of rotatable bonds is 6. The van der Waals surface area contributed by atoms with Crippen molar-refractivity contribution in [3.63, 3.8) is 0 Å². The molecule has 2 unspecified atom stereocenters. The van der Waals surface area contributed by atoms with Crippen molar-refractivity contribution in [1.29, 1.82) is 0 Å². The predicted molar refractivity (Wildman–Crippen MR) is 91.7 cm³/mol. The molecule has 0 bridgehead atoms. The van der Waals surface area contributed by atoms with Crippen molar-refractivity contribution in [1.82, 2.24) is 0 Å². The summed E-state index contributed by atoms with van der Waals surface area (Å²) in [7, 11) is -2.64. The largest absolute Gasteiger partial charge is 0.478 e. The first-order valence-electron chi connectivity index (χ1n) is 6.97. The minimum Gasteiger partial charge on any atom is -0.478 e. The number of halogens is 1. The highest BCUT2D eigenvalue weighted by Gasteiger charge is 2.15. The molecule has 0 radical (unpaired) electrons. The molecule has 0 aliphatic carbocycles. The summed E-state index contributed by atoms with van der Waals surface area (Å²) in [6.07, 6.45) is 0.109. The Morgan fingerprint density at radius 3 is 2.61 bits per heavy atom. The number of carboxylic acids is 1. The number of hydrogen-bond donors (Lipinski definition) is 3. The zero-order valence-corrected chi connectivity index (χ0v) is 14.0. The fourth-order valence-electron chi connectivity index (χ4n) is 2.39. The molecule has 0 spiro atoms. The van der Waals surface area contributed by atoms with E-state index in [-0.39, 0.29) is 24.2 Å². The van der Waals surface area contributed by atoms with Crippen LogP contribution in [0.2, 0.25) is 5.02 Å². The maximum absolute atomic E-state index is 11.1. The molecule has 5 nitrogen and oxygen atoms in total. The van der Waals surface area contributed by atoms with Gasteiger partial charge in [0.2, 0.25) is 0 Å². The molecule has 2 aromatic carbocycles. The summed E-state index contributed by atoms with van der Waals surface area (Å²) in [6.45, 7) is 0.243. The molecule has 23 heavy (non-hydrogen) atoms. The molecular formula is C16H17ClNO4P. The first-order valence-corrected chi connectivity index (χ1v) is 8.91. The van der Waals surface area contributed by atoms with Gasteiger partial charge in [-0.1, -0.05) is 29.8 Å². The van der Waals surface area contributed by atoms with E-state index in [1.807, 2.05) is 0 Å². The zero-order valence-electron chi connectivity index (χ0n) is 12.2. The van der Waals surface area contributed by atoms with Gasteiger partial charge in [0.15, 0.2) is 8.03 Å². The van der Waals surface area contributed by atoms with Crippen LogP contribution in [0.5, 0.6) is 0 Å². The van der Waals surface area contributed by atoms with E-state index in [0.29, 0.717) is 16.1 Å². The van der Waals surface area contributed by atoms with Gasteiger partial charge in [0.05, 0.1) is 5.56 Å². The van der Waals surface area contributed by atoms with Gasteiger partial charge < -0.3 is 15.7 Å². The Labute approximate surface area is 139 Å². The monoisotopic (exact) mass is 353 g/mol. The van der Waals surface area contributed by atoms with Gasteiger partial charge in [0, 0.05) is 22.7 Å². The molecule has 0 fully saturated rings. The normalized spacial score (nSPS) is 13.5. The maximum atomic E-state index is 11.1. The van der Waals surface area contributed by atoms with Crippen LogP contribution in [-0.4, -0.2) is 28.7 Å². The first-order chi connectivity index (χ1) is 10.9. The third kappa shape index (κ3) is 4.43. The van der Waals surface area contributed by atoms with Gasteiger partial charge in [-0.3, -0.25) is 4.57 Å². The number of nitrogens with two attached hydrogens (primary N) is 1. The van der Waals surface area contributed by atoms with E-state index < -0.39 is 14.0 Å². The van der Waals surface area contributed by atoms with Gasteiger partial charge >= 0.3 is 5.97 Å². The minimum atomic E-state index is -2.64. The molecule has 0 heterocycles. The van der Waals surface area contributed by atoms with Crippen molar-refractivity contribution in [2.75, 3.05) is 12.7 Å². The summed E-state index contributed by atoms with van der Waals surface area (Å²) in [4.78, 5) is 20.3. The highest BCUT2D eigenvalue weighted by atomic mass is 35.5. The third-order valence-electron chi connectivity index (χ3n) is 3.59. The van der Waals surface area contributed by atoms with Crippen LogP contribution in [-0.2, 0) is 4.57 Å². The lowest BCUT2D eigenvalue weighted by atomic mass is 9.95. The van der Waals surface area contributed by atoms with Crippen LogP contribution in [0, 0.1) is 0 Å². The van der Waals surface area contributed by atoms with Crippen LogP contribution < -0.4 is 5.73 Å². The van der Waals surface area contributed by atoms with Crippen molar-refractivity contribution >= 4 is 25.6 Å². The Bertz CT molecular complexity index is 751. The Balaban J connectivity index is 2.47. The smallest absolute Gasteiger partial charge is 0.335 e. The molecule has 0 aliphatic rings. The SMILES string of the molecule is NCC(C[PH](=O)O)c1ccc(Cl)c(-c2cccc(C(=O)O)c2)c1. The zero-order chi connectivity index (χ0) is 17.0. The molecule has 0 aromatic heterocycles. The van der Waals surface area contributed by atoms with E-state index in [1.54, 1.807) is 36.4 Å². The van der Waals surface area contributed by atoms with Gasteiger partial charge in [0.25, 0.3) is 0 Å². The third-order valence-corrected chi connectivity index (χ3v) is 4.76. The fraction of sp³-hybridized carbons (Fsp3) is 0.188. The summed E-state index contributed by atoms with van der Waals surface area (Å²) < 4.78 is 11.1. The standard InChI is InChI=1S/C16H17ClNO4P/c17-15-5-4-10(13(8-18)9-23(21)22)7-14(15)11-2-1-3-12(6-11)16(19)20/h1-7,13,23H,8-9,18H2,(H,19,20)(H,21,22). The topological polar surface area (TPSA) is 101 Å². The van der Waals surface area contributed by atoms with Crippen molar-refractivity contribution in [2.45, 2.75) is 5.92 Å². The van der Waals surface area contributed by atoms with Crippen LogP contribution >= 0.6 is 19.6 Å². The lowest BCUT2D eigenvalue weighted by Crippen LogP contribution is -2.14. The molecule has 4 N–H and O–H groups in total. The highest BCUT2D eigenvalue weighted by molar-refractivity contribution is 7.38. The van der Waals surface area contributed by atoms with Crippen molar-refractivity contribution in [3.05, 3.63) is 58.6 Å². The summed E-state index contributed by atoms with van der Waals surface area (Å²) in [6, 6.07) is 11.7. The molecule has 0 aliphatic heterocycles. The van der Waals surface area contributed by atoms with Gasteiger partial charge in [-0.15, -0.1) is 0 Å². The molecule has 0 amide bonds. The fourth-order valence-corrected chi connectivity index (χ4v) is 3.44. The average molecular weight is 354 g/mol. The van der Waals surface area contributed by atoms with E-state index in [0.717, 1.165) is 5.56 Å². The van der Waals surface area contributed by atoms with Crippen molar-refractivity contribution in [2.24, 2.45) is 5.73 Å². The Morgan fingerprint density at radius 2 is 2.00 bits per heavy atom. The van der Waals surface area contributed by atoms with Gasteiger partial charge in [-0.05, 0) is 41.9 Å².